The summed E-state index contributed by atoms with van der Waals surface area (Å²) in [7, 11) is -2.71. The Morgan fingerprint density at radius 1 is 0.233 bits per heavy atom. The molecule has 0 saturated carbocycles. The van der Waals surface area contributed by atoms with Crippen molar-refractivity contribution in [2.75, 3.05) is 4.90 Å². The second-order valence-corrected chi connectivity index (χ2v) is 19.5. The smallest absolute Gasteiger partial charge is 0.179 e. The first-order valence-corrected chi connectivity index (χ1v) is 22.7. The van der Waals surface area contributed by atoms with Crippen LogP contribution in [0.4, 0.5) is 17.1 Å². The Hall–Kier alpha value is -7.52. The van der Waals surface area contributed by atoms with Crippen LogP contribution in [0.3, 0.4) is 0 Å². The van der Waals surface area contributed by atoms with Crippen molar-refractivity contribution >= 4 is 78.2 Å². The van der Waals surface area contributed by atoms with E-state index in [1.54, 1.807) is 0 Å². The molecule has 0 bridgehead atoms. The van der Waals surface area contributed by atoms with Gasteiger partial charge >= 0.3 is 0 Å². The zero-order valence-electron chi connectivity index (χ0n) is 33.1. The van der Waals surface area contributed by atoms with Crippen LogP contribution >= 0.6 is 0 Å². The van der Waals surface area contributed by atoms with Gasteiger partial charge in [-0.2, -0.15) is 0 Å². The molecule has 282 valence electrons. The standard InChI is InChI=1S/C58H41NSi/c1-7-19-42(20-8-1)48-35-49(43-21-9-2-10-22-43)39-52(38-48)59(50-23-11-3-12-24-50)51-36-44-31-33-46-40-56(41-47-34-32-45(37-51)57(44)58(46)47)60(53-25-13-4-14-26-53,54-27-15-5-16-28-54)55-29-17-6-18-30-55/h1-41H. The minimum Gasteiger partial charge on any atom is -0.310 e. The molecule has 0 aliphatic carbocycles. The summed E-state index contributed by atoms with van der Waals surface area (Å²) in [5.41, 5.74) is 8.10. The maximum absolute atomic E-state index is 2.71. The molecule has 0 fully saturated rings. The molecule has 0 saturated heterocycles. The summed E-state index contributed by atoms with van der Waals surface area (Å²) in [4.78, 5) is 2.42. The highest BCUT2D eigenvalue weighted by molar-refractivity contribution is 7.20. The average Bonchev–Trinajstić information content (AvgIpc) is 3.33. The van der Waals surface area contributed by atoms with Crippen molar-refractivity contribution in [2.45, 2.75) is 0 Å². The highest BCUT2D eigenvalue weighted by Gasteiger charge is 2.41. The molecule has 0 aliphatic heterocycles. The van der Waals surface area contributed by atoms with Crippen molar-refractivity contribution in [3.8, 4) is 22.3 Å². The summed E-state index contributed by atoms with van der Waals surface area (Å²) in [5, 5.41) is 13.2. The van der Waals surface area contributed by atoms with Gasteiger partial charge in [0.2, 0.25) is 0 Å². The Labute approximate surface area is 352 Å². The summed E-state index contributed by atoms with van der Waals surface area (Å²) in [6, 6.07) is 92.0. The van der Waals surface area contributed by atoms with E-state index in [1.165, 1.54) is 75.3 Å². The van der Waals surface area contributed by atoms with E-state index in [-0.39, 0.29) is 0 Å². The molecule has 0 radical (unpaired) electrons. The van der Waals surface area contributed by atoms with E-state index >= 15 is 0 Å². The molecular weight excluding hydrogens is 739 g/mol. The molecule has 11 aromatic rings. The number of anilines is 3. The molecule has 60 heavy (non-hydrogen) atoms. The molecular formula is C58H41NSi. The number of benzene rings is 11. The first kappa shape index (κ1) is 35.6. The van der Waals surface area contributed by atoms with Gasteiger partial charge in [0.1, 0.15) is 0 Å². The lowest BCUT2D eigenvalue weighted by Gasteiger charge is -2.35. The number of nitrogens with zero attached hydrogens (tertiary/aromatic N) is 1. The summed E-state index contributed by atoms with van der Waals surface area (Å²) in [6.07, 6.45) is 0. The Morgan fingerprint density at radius 2 is 0.567 bits per heavy atom. The third kappa shape index (κ3) is 6.09. The first-order valence-electron chi connectivity index (χ1n) is 20.7. The van der Waals surface area contributed by atoms with Crippen molar-refractivity contribution in [1.29, 1.82) is 0 Å². The Kier molecular flexibility index (Phi) is 8.91. The maximum atomic E-state index is 2.50. The fraction of sp³-hybridized carbons (Fsp3) is 0. The predicted molar refractivity (Wildman–Crippen MR) is 259 cm³/mol. The first-order chi connectivity index (χ1) is 29.7. The van der Waals surface area contributed by atoms with Crippen molar-refractivity contribution in [3.63, 3.8) is 0 Å². The van der Waals surface area contributed by atoms with Gasteiger partial charge in [-0.05, 0) is 118 Å². The molecule has 0 aliphatic rings. The lowest BCUT2D eigenvalue weighted by molar-refractivity contribution is 1.29. The van der Waals surface area contributed by atoms with Crippen molar-refractivity contribution in [2.24, 2.45) is 0 Å². The number of hydrogen-bond donors (Lipinski definition) is 0. The van der Waals surface area contributed by atoms with Crippen LogP contribution in [0.15, 0.2) is 249 Å². The molecule has 0 heterocycles. The predicted octanol–water partition coefficient (Wildman–Crippen LogP) is 12.8. The van der Waals surface area contributed by atoms with Gasteiger partial charge in [-0.25, -0.2) is 0 Å². The van der Waals surface area contributed by atoms with Crippen molar-refractivity contribution in [3.05, 3.63) is 249 Å². The zero-order chi connectivity index (χ0) is 39.9. The summed E-state index contributed by atoms with van der Waals surface area (Å²) < 4.78 is 0. The Balaban J connectivity index is 1.12. The van der Waals surface area contributed by atoms with Gasteiger partial charge in [0.25, 0.3) is 0 Å². The topological polar surface area (TPSA) is 3.24 Å². The van der Waals surface area contributed by atoms with Crippen molar-refractivity contribution < 1.29 is 0 Å². The van der Waals surface area contributed by atoms with Crippen LogP contribution in [0.25, 0.3) is 54.6 Å². The quantitative estimate of drug-likeness (QED) is 0.0801. The van der Waals surface area contributed by atoms with E-state index in [1.807, 2.05) is 0 Å². The number of hydrogen-bond acceptors (Lipinski definition) is 1. The fourth-order valence-electron chi connectivity index (χ4n) is 9.59. The Morgan fingerprint density at radius 3 is 0.967 bits per heavy atom. The van der Waals surface area contributed by atoms with Crippen LogP contribution in [0.2, 0.25) is 0 Å². The fourth-order valence-corrected chi connectivity index (χ4v) is 14.4. The second kappa shape index (κ2) is 15.0. The summed E-state index contributed by atoms with van der Waals surface area (Å²) in [5.74, 6) is 0. The summed E-state index contributed by atoms with van der Waals surface area (Å²) in [6.45, 7) is 0. The van der Waals surface area contributed by atoms with Gasteiger partial charge in [0.15, 0.2) is 8.07 Å². The molecule has 11 rings (SSSR count). The van der Waals surface area contributed by atoms with Gasteiger partial charge in [-0.3, -0.25) is 0 Å². The van der Waals surface area contributed by atoms with E-state index < -0.39 is 8.07 Å². The molecule has 0 N–H and O–H groups in total. The molecule has 1 nitrogen and oxygen atoms in total. The van der Waals surface area contributed by atoms with Crippen LogP contribution < -0.4 is 25.6 Å². The molecule has 2 heteroatoms. The zero-order valence-corrected chi connectivity index (χ0v) is 34.1. The highest BCUT2D eigenvalue weighted by atomic mass is 28.3. The van der Waals surface area contributed by atoms with E-state index in [4.69, 9.17) is 0 Å². The van der Waals surface area contributed by atoms with Gasteiger partial charge in [-0.1, -0.05) is 206 Å². The molecule has 0 atom stereocenters. The van der Waals surface area contributed by atoms with Crippen LogP contribution in [0.5, 0.6) is 0 Å². The number of rotatable bonds is 9. The van der Waals surface area contributed by atoms with Gasteiger partial charge in [-0.15, -0.1) is 0 Å². The van der Waals surface area contributed by atoms with Gasteiger partial charge < -0.3 is 4.90 Å². The van der Waals surface area contributed by atoms with Crippen LogP contribution in [-0.2, 0) is 0 Å². The van der Waals surface area contributed by atoms with E-state index in [9.17, 15) is 0 Å². The van der Waals surface area contributed by atoms with E-state index in [0.29, 0.717) is 0 Å². The second-order valence-electron chi connectivity index (χ2n) is 15.7. The monoisotopic (exact) mass is 779 g/mol. The molecule has 0 spiro atoms. The highest BCUT2D eigenvalue weighted by Crippen LogP contribution is 2.43. The summed E-state index contributed by atoms with van der Waals surface area (Å²) >= 11 is 0. The minimum absolute atomic E-state index is 1.11. The maximum Gasteiger partial charge on any atom is 0.179 e. The lowest BCUT2D eigenvalue weighted by atomic mass is 9.93. The Bertz CT molecular complexity index is 3000. The number of para-hydroxylation sites is 1. The molecule has 0 unspecified atom stereocenters. The normalized spacial score (nSPS) is 11.7. The third-order valence-corrected chi connectivity index (χ3v) is 17.0. The molecule has 0 aromatic heterocycles. The van der Waals surface area contributed by atoms with E-state index in [2.05, 4.69) is 254 Å². The van der Waals surface area contributed by atoms with Gasteiger partial charge in [0.05, 0.1) is 0 Å². The molecule has 11 aromatic carbocycles. The van der Waals surface area contributed by atoms with Crippen LogP contribution in [0.1, 0.15) is 0 Å². The third-order valence-electron chi connectivity index (χ3n) is 12.2. The van der Waals surface area contributed by atoms with Crippen LogP contribution in [-0.4, -0.2) is 8.07 Å². The SMILES string of the molecule is c1ccc(-c2cc(-c3ccccc3)cc(N(c3ccccc3)c3cc4ccc5cc([Si](c6ccccc6)(c6ccccc6)c6ccccc6)cc6ccc(c3)c4c56)c2)cc1. The van der Waals surface area contributed by atoms with Gasteiger partial charge in [0, 0.05) is 17.1 Å². The minimum atomic E-state index is -2.71. The van der Waals surface area contributed by atoms with E-state index in [0.717, 1.165) is 17.1 Å². The molecule has 0 amide bonds. The van der Waals surface area contributed by atoms with Crippen molar-refractivity contribution in [1.82, 2.24) is 0 Å². The lowest BCUT2D eigenvalue weighted by Crippen LogP contribution is -2.74. The van der Waals surface area contributed by atoms with Crippen LogP contribution in [0, 0.1) is 0 Å². The average molecular weight is 780 g/mol. The largest absolute Gasteiger partial charge is 0.310 e.